The number of nitrogen functional groups attached to an aromatic ring is 1. The van der Waals surface area contributed by atoms with E-state index in [1.807, 2.05) is 19.1 Å². The molecule has 0 bridgehead atoms. The minimum atomic E-state index is -0.0360. The highest BCUT2D eigenvalue weighted by Gasteiger charge is 2.37. The molecule has 2 atom stereocenters. The predicted octanol–water partition coefficient (Wildman–Crippen LogP) is 2.50. The second-order valence-corrected chi connectivity index (χ2v) is 4.96. The number of amides is 1. The van der Waals surface area contributed by atoms with Crippen LogP contribution in [0, 0.1) is 12.8 Å². The van der Waals surface area contributed by atoms with Crippen LogP contribution in [0.1, 0.15) is 42.1 Å². The third-order valence-corrected chi connectivity index (χ3v) is 3.35. The maximum Gasteiger partial charge on any atom is 0.253 e. The lowest BCUT2D eigenvalue weighted by molar-refractivity contribution is 0.0949. The summed E-state index contributed by atoms with van der Waals surface area (Å²) in [6, 6.07) is 5.92. The van der Waals surface area contributed by atoms with Gasteiger partial charge in [0.2, 0.25) is 0 Å². The molecular formula is C14H20N2O. The topological polar surface area (TPSA) is 55.1 Å². The Morgan fingerprint density at radius 1 is 1.53 bits per heavy atom. The van der Waals surface area contributed by atoms with Crippen molar-refractivity contribution in [3.63, 3.8) is 0 Å². The summed E-state index contributed by atoms with van der Waals surface area (Å²) in [5, 5.41) is 3.05. The van der Waals surface area contributed by atoms with Gasteiger partial charge in [-0.1, -0.05) is 19.4 Å². The number of nitrogens with two attached hydrogens (primary N) is 1. The first-order valence-corrected chi connectivity index (χ1v) is 6.28. The van der Waals surface area contributed by atoms with E-state index in [-0.39, 0.29) is 5.91 Å². The van der Waals surface area contributed by atoms with E-state index in [0.717, 1.165) is 12.0 Å². The normalized spacial score (nSPS) is 22.2. The second kappa shape index (κ2) is 4.78. The standard InChI is InChI=1S/C14H20N2O/c1-3-4-10-8-13(10)16-14(17)11-6-5-9(2)7-12(11)15/h5-7,10,13H,3-4,8,15H2,1-2H3,(H,16,17). The highest BCUT2D eigenvalue weighted by molar-refractivity contribution is 5.99. The molecule has 1 aromatic carbocycles. The maximum absolute atomic E-state index is 12.0. The van der Waals surface area contributed by atoms with Gasteiger partial charge >= 0.3 is 0 Å². The minimum Gasteiger partial charge on any atom is -0.398 e. The molecule has 2 unspecified atom stereocenters. The van der Waals surface area contributed by atoms with Gasteiger partial charge < -0.3 is 11.1 Å². The molecule has 92 valence electrons. The quantitative estimate of drug-likeness (QED) is 0.784. The van der Waals surface area contributed by atoms with Crippen LogP contribution in [-0.4, -0.2) is 11.9 Å². The Bertz CT molecular complexity index is 428. The van der Waals surface area contributed by atoms with E-state index >= 15 is 0 Å². The molecule has 0 heterocycles. The number of nitrogens with one attached hydrogen (secondary N) is 1. The van der Waals surface area contributed by atoms with Crippen LogP contribution in [-0.2, 0) is 0 Å². The third-order valence-electron chi connectivity index (χ3n) is 3.35. The number of anilines is 1. The second-order valence-electron chi connectivity index (χ2n) is 4.96. The van der Waals surface area contributed by atoms with Crippen molar-refractivity contribution in [1.82, 2.24) is 5.32 Å². The highest BCUT2D eigenvalue weighted by Crippen LogP contribution is 2.34. The van der Waals surface area contributed by atoms with Crippen LogP contribution in [0.3, 0.4) is 0 Å². The first kappa shape index (κ1) is 12.0. The Kier molecular flexibility index (Phi) is 3.36. The number of aryl methyl sites for hydroxylation is 1. The molecule has 1 aromatic rings. The Morgan fingerprint density at radius 3 is 2.94 bits per heavy atom. The smallest absolute Gasteiger partial charge is 0.253 e. The summed E-state index contributed by atoms with van der Waals surface area (Å²) >= 11 is 0. The third kappa shape index (κ3) is 2.78. The number of hydrogen-bond acceptors (Lipinski definition) is 2. The van der Waals surface area contributed by atoms with Crippen LogP contribution in [0.15, 0.2) is 18.2 Å². The van der Waals surface area contributed by atoms with Crippen molar-refractivity contribution in [3.05, 3.63) is 29.3 Å². The summed E-state index contributed by atoms with van der Waals surface area (Å²) in [7, 11) is 0. The zero-order valence-electron chi connectivity index (χ0n) is 10.5. The lowest BCUT2D eigenvalue weighted by Crippen LogP contribution is -2.27. The molecule has 3 nitrogen and oxygen atoms in total. The molecule has 0 aromatic heterocycles. The molecule has 1 amide bonds. The molecule has 1 saturated carbocycles. The van der Waals surface area contributed by atoms with Crippen molar-refractivity contribution in [2.24, 2.45) is 5.92 Å². The molecule has 1 fully saturated rings. The van der Waals surface area contributed by atoms with Gasteiger partial charge in [-0.3, -0.25) is 4.79 Å². The molecular weight excluding hydrogens is 212 g/mol. The van der Waals surface area contributed by atoms with E-state index in [0.29, 0.717) is 23.2 Å². The van der Waals surface area contributed by atoms with Gasteiger partial charge in [-0.05, 0) is 43.4 Å². The van der Waals surface area contributed by atoms with Crippen molar-refractivity contribution in [2.45, 2.75) is 39.2 Å². The molecule has 0 aliphatic heterocycles. The van der Waals surface area contributed by atoms with E-state index in [1.54, 1.807) is 6.07 Å². The number of benzene rings is 1. The van der Waals surface area contributed by atoms with Gasteiger partial charge in [0, 0.05) is 11.7 Å². The van der Waals surface area contributed by atoms with E-state index < -0.39 is 0 Å². The average molecular weight is 232 g/mol. The Balaban J connectivity index is 1.96. The predicted molar refractivity (Wildman–Crippen MR) is 69.9 cm³/mol. The molecule has 3 N–H and O–H groups in total. The number of hydrogen-bond donors (Lipinski definition) is 2. The maximum atomic E-state index is 12.0. The molecule has 0 spiro atoms. The summed E-state index contributed by atoms with van der Waals surface area (Å²) in [6.07, 6.45) is 3.50. The first-order chi connectivity index (χ1) is 8.11. The van der Waals surface area contributed by atoms with Gasteiger partial charge in [-0.2, -0.15) is 0 Å². The number of carbonyl (C=O) groups excluding carboxylic acids is 1. The molecule has 17 heavy (non-hydrogen) atoms. The van der Waals surface area contributed by atoms with Crippen LogP contribution < -0.4 is 11.1 Å². The van der Waals surface area contributed by atoms with Crippen molar-refractivity contribution in [1.29, 1.82) is 0 Å². The Hall–Kier alpha value is -1.51. The summed E-state index contributed by atoms with van der Waals surface area (Å²) in [4.78, 5) is 12.0. The summed E-state index contributed by atoms with van der Waals surface area (Å²) in [6.45, 7) is 4.14. The lowest BCUT2D eigenvalue weighted by atomic mass is 10.1. The zero-order chi connectivity index (χ0) is 12.4. The first-order valence-electron chi connectivity index (χ1n) is 6.28. The number of rotatable bonds is 4. The SMILES string of the molecule is CCCC1CC1NC(=O)c1ccc(C)cc1N. The molecule has 3 heteroatoms. The summed E-state index contributed by atoms with van der Waals surface area (Å²) in [5.41, 5.74) is 8.09. The van der Waals surface area contributed by atoms with Gasteiger partial charge in [0.05, 0.1) is 5.56 Å². The van der Waals surface area contributed by atoms with Gasteiger partial charge in [-0.25, -0.2) is 0 Å². The molecule has 2 rings (SSSR count). The fraction of sp³-hybridized carbons (Fsp3) is 0.500. The van der Waals surface area contributed by atoms with Gasteiger partial charge in [0.1, 0.15) is 0 Å². The Labute approximate surface area is 102 Å². The van der Waals surface area contributed by atoms with Crippen molar-refractivity contribution >= 4 is 11.6 Å². The van der Waals surface area contributed by atoms with E-state index in [2.05, 4.69) is 12.2 Å². The van der Waals surface area contributed by atoms with Crippen LogP contribution in [0.25, 0.3) is 0 Å². The fourth-order valence-electron chi connectivity index (χ4n) is 2.25. The highest BCUT2D eigenvalue weighted by atomic mass is 16.1. The van der Waals surface area contributed by atoms with Crippen LogP contribution in [0.2, 0.25) is 0 Å². The van der Waals surface area contributed by atoms with Crippen molar-refractivity contribution < 1.29 is 4.79 Å². The molecule has 1 aliphatic rings. The van der Waals surface area contributed by atoms with Crippen LogP contribution >= 0.6 is 0 Å². The van der Waals surface area contributed by atoms with Crippen LogP contribution in [0.5, 0.6) is 0 Å². The van der Waals surface area contributed by atoms with E-state index in [4.69, 9.17) is 5.73 Å². The van der Waals surface area contributed by atoms with Gasteiger partial charge in [-0.15, -0.1) is 0 Å². The minimum absolute atomic E-state index is 0.0360. The average Bonchev–Trinajstić information content (AvgIpc) is 2.96. The Morgan fingerprint density at radius 2 is 2.29 bits per heavy atom. The van der Waals surface area contributed by atoms with Gasteiger partial charge in [0.15, 0.2) is 0 Å². The van der Waals surface area contributed by atoms with Crippen LogP contribution in [0.4, 0.5) is 5.69 Å². The summed E-state index contributed by atoms with van der Waals surface area (Å²) < 4.78 is 0. The zero-order valence-corrected chi connectivity index (χ0v) is 10.5. The largest absolute Gasteiger partial charge is 0.398 e. The fourth-order valence-corrected chi connectivity index (χ4v) is 2.25. The number of carbonyl (C=O) groups is 1. The van der Waals surface area contributed by atoms with Crippen molar-refractivity contribution in [3.8, 4) is 0 Å². The van der Waals surface area contributed by atoms with Gasteiger partial charge in [0.25, 0.3) is 5.91 Å². The molecule has 0 saturated heterocycles. The molecule has 1 aliphatic carbocycles. The molecule has 0 radical (unpaired) electrons. The van der Waals surface area contributed by atoms with E-state index in [1.165, 1.54) is 12.8 Å². The summed E-state index contributed by atoms with van der Waals surface area (Å²) in [5.74, 6) is 0.640. The van der Waals surface area contributed by atoms with E-state index in [9.17, 15) is 4.79 Å². The lowest BCUT2D eigenvalue weighted by Gasteiger charge is -2.07. The van der Waals surface area contributed by atoms with Crippen molar-refractivity contribution in [2.75, 3.05) is 5.73 Å². The monoisotopic (exact) mass is 232 g/mol.